The van der Waals surface area contributed by atoms with Gasteiger partial charge in [0.1, 0.15) is 5.82 Å². The molecule has 0 N–H and O–H groups in total. The van der Waals surface area contributed by atoms with Crippen LogP contribution in [0.3, 0.4) is 0 Å². The second-order valence-electron chi connectivity index (χ2n) is 5.09. The maximum absolute atomic E-state index is 5.69. The molecule has 0 saturated carbocycles. The lowest BCUT2D eigenvalue weighted by molar-refractivity contribution is -0.00711. The van der Waals surface area contributed by atoms with Crippen LogP contribution in [0.5, 0.6) is 0 Å². The molecule has 86 valence electrons. The van der Waals surface area contributed by atoms with E-state index in [2.05, 4.69) is 44.2 Å². The minimum atomic E-state index is -0.0570. The maximum Gasteiger partial charge on any atom is 0.111 e. The molecular weight excluding hydrogens is 188 g/mol. The fourth-order valence-corrected chi connectivity index (χ4v) is 1.46. The summed E-state index contributed by atoms with van der Waals surface area (Å²) >= 11 is 0. The first-order valence-corrected chi connectivity index (χ1v) is 5.55. The van der Waals surface area contributed by atoms with Gasteiger partial charge in [0.25, 0.3) is 0 Å². The van der Waals surface area contributed by atoms with Crippen molar-refractivity contribution < 1.29 is 4.74 Å². The molecule has 3 heteroatoms. The summed E-state index contributed by atoms with van der Waals surface area (Å²) in [6.45, 7) is 12.1. The first-order chi connectivity index (χ1) is 6.90. The van der Waals surface area contributed by atoms with Crippen LogP contribution in [0.1, 0.15) is 46.4 Å². The zero-order valence-electron chi connectivity index (χ0n) is 10.4. The van der Waals surface area contributed by atoms with E-state index in [0.717, 1.165) is 19.0 Å². The summed E-state index contributed by atoms with van der Waals surface area (Å²) in [5.41, 5.74) is -0.0570. The Balaban J connectivity index is 2.47. The highest BCUT2D eigenvalue weighted by atomic mass is 16.5. The molecule has 15 heavy (non-hydrogen) atoms. The van der Waals surface area contributed by atoms with Crippen LogP contribution in [0.4, 0.5) is 0 Å². The molecule has 0 fully saturated rings. The van der Waals surface area contributed by atoms with Gasteiger partial charge in [0.05, 0.1) is 12.2 Å². The van der Waals surface area contributed by atoms with Gasteiger partial charge in [0.15, 0.2) is 0 Å². The van der Waals surface area contributed by atoms with Gasteiger partial charge in [-0.05, 0) is 20.8 Å². The van der Waals surface area contributed by atoms with Crippen molar-refractivity contribution in [3.8, 4) is 0 Å². The van der Waals surface area contributed by atoms with Crippen molar-refractivity contribution in [1.29, 1.82) is 0 Å². The van der Waals surface area contributed by atoms with Crippen LogP contribution in [0.15, 0.2) is 12.4 Å². The standard InChI is InChI=1S/C12H22N2O/c1-10(2)11-13-6-7-14(11)8-9-15-12(3,4)5/h6-7,10H,8-9H2,1-5H3. The summed E-state index contributed by atoms with van der Waals surface area (Å²) in [5, 5.41) is 0. The third-order valence-corrected chi connectivity index (χ3v) is 2.13. The second kappa shape index (κ2) is 4.79. The Morgan fingerprint density at radius 1 is 1.40 bits per heavy atom. The molecule has 1 aromatic rings. The van der Waals surface area contributed by atoms with Crippen LogP contribution in [0.25, 0.3) is 0 Å². The van der Waals surface area contributed by atoms with Crippen molar-refractivity contribution in [2.24, 2.45) is 0 Å². The van der Waals surface area contributed by atoms with Crippen molar-refractivity contribution >= 4 is 0 Å². The fourth-order valence-electron chi connectivity index (χ4n) is 1.46. The highest BCUT2D eigenvalue weighted by Crippen LogP contribution is 2.12. The Morgan fingerprint density at radius 3 is 2.60 bits per heavy atom. The van der Waals surface area contributed by atoms with E-state index in [4.69, 9.17) is 4.74 Å². The normalized spacial score (nSPS) is 12.4. The number of hydrogen-bond acceptors (Lipinski definition) is 2. The molecule has 0 unspecified atom stereocenters. The zero-order chi connectivity index (χ0) is 11.5. The summed E-state index contributed by atoms with van der Waals surface area (Å²) < 4.78 is 7.85. The lowest BCUT2D eigenvalue weighted by Gasteiger charge is -2.20. The molecule has 0 aliphatic rings. The van der Waals surface area contributed by atoms with Gasteiger partial charge in [-0.3, -0.25) is 0 Å². The van der Waals surface area contributed by atoms with Crippen LogP contribution in [-0.4, -0.2) is 21.8 Å². The number of hydrogen-bond donors (Lipinski definition) is 0. The molecule has 0 aliphatic carbocycles. The average Bonchev–Trinajstić information content (AvgIpc) is 2.49. The average molecular weight is 210 g/mol. The lowest BCUT2D eigenvalue weighted by atomic mass is 10.2. The molecule has 1 rings (SSSR count). The molecule has 0 amide bonds. The number of aromatic nitrogens is 2. The van der Waals surface area contributed by atoms with Gasteiger partial charge >= 0.3 is 0 Å². The molecule has 1 heterocycles. The minimum Gasteiger partial charge on any atom is -0.374 e. The third kappa shape index (κ3) is 4.04. The molecule has 3 nitrogen and oxygen atoms in total. The van der Waals surface area contributed by atoms with Gasteiger partial charge in [0.2, 0.25) is 0 Å². The second-order valence-corrected chi connectivity index (χ2v) is 5.09. The molecule has 0 bridgehead atoms. The predicted molar refractivity (Wildman–Crippen MR) is 62.0 cm³/mol. The van der Waals surface area contributed by atoms with Gasteiger partial charge in [0, 0.05) is 24.9 Å². The van der Waals surface area contributed by atoms with Crippen LogP contribution < -0.4 is 0 Å². The summed E-state index contributed by atoms with van der Waals surface area (Å²) in [4.78, 5) is 4.34. The van der Waals surface area contributed by atoms with Gasteiger partial charge in [-0.25, -0.2) is 4.98 Å². The monoisotopic (exact) mass is 210 g/mol. The Hall–Kier alpha value is -0.830. The SMILES string of the molecule is CC(C)c1nccn1CCOC(C)(C)C. The van der Waals surface area contributed by atoms with E-state index in [1.807, 2.05) is 12.4 Å². The molecule has 0 radical (unpaired) electrons. The molecular formula is C12H22N2O. The topological polar surface area (TPSA) is 27.1 Å². The van der Waals surface area contributed by atoms with E-state index < -0.39 is 0 Å². The molecule has 0 spiro atoms. The Kier molecular flexibility index (Phi) is 3.91. The van der Waals surface area contributed by atoms with E-state index in [1.54, 1.807) is 0 Å². The van der Waals surface area contributed by atoms with Crippen molar-refractivity contribution in [3.63, 3.8) is 0 Å². The van der Waals surface area contributed by atoms with Crippen molar-refractivity contribution in [2.75, 3.05) is 6.61 Å². The lowest BCUT2D eigenvalue weighted by Crippen LogP contribution is -2.22. The predicted octanol–water partition coefficient (Wildman–Crippen LogP) is 2.82. The smallest absolute Gasteiger partial charge is 0.111 e. The van der Waals surface area contributed by atoms with Crippen LogP contribution in [0.2, 0.25) is 0 Å². The number of rotatable bonds is 4. The van der Waals surface area contributed by atoms with Gasteiger partial charge in [-0.2, -0.15) is 0 Å². The molecule has 0 atom stereocenters. The fraction of sp³-hybridized carbons (Fsp3) is 0.750. The van der Waals surface area contributed by atoms with Crippen molar-refractivity contribution in [3.05, 3.63) is 18.2 Å². The Morgan fingerprint density at radius 2 is 2.07 bits per heavy atom. The summed E-state index contributed by atoms with van der Waals surface area (Å²) in [7, 11) is 0. The zero-order valence-corrected chi connectivity index (χ0v) is 10.4. The first kappa shape index (κ1) is 12.2. The van der Waals surface area contributed by atoms with Gasteiger partial charge in [-0.15, -0.1) is 0 Å². The molecule has 0 aliphatic heterocycles. The van der Waals surface area contributed by atoms with Crippen LogP contribution in [0, 0.1) is 0 Å². The molecule has 0 aromatic carbocycles. The van der Waals surface area contributed by atoms with Crippen LogP contribution >= 0.6 is 0 Å². The third-order valence-electron chi connectivity index (χ3n) is 2.13. The molecule has 1 aromatic heterocycles. The summed E-state index contributed by atoms with van der Waals surface area (Å²) in [6.07, 6.45) is 3.87. The van der Waals surface area contributed by atoms with E-state index in [0.29, 0.717) is 5.92 Å². The molecule has 0 saturated heterocycles. The van der Waals surface area contributed by atoms with E-state index in [1.165, 1.54) is 0 Å². The van der Waals surface area contributed by atoms with E-state index >= 15 is 0 Å². The number of imidazole rings is 1. The Bertz CT molecular complexity index is 297. The quantitative estimate of drug-likeness (QED) is 0.764. The maximum atomic E-state index is 5.69. The number of nitrogens with zero attached hydrogens (tertiary/aromatic N) is 2. The summed E-state index contributed by atoms with van der Waals surface area (Å²) in [5.74, 6) is 1.60. The van der Waals surface area contributed by atoms with Crippen molar-refractivity contribution in [2.45, 2.75) is 52.7 Å². The van der Waals surface area contributed by atoms with E-state index in [9.17, 15) is 0 Å². The summed E-state index contributed by atoms with van der Waals surface area (Å²) in [6, 6.07) is 0. The highest BCUT2D eigenvalue weighted by molar-refractivity contribution is 4.97. The number of ether oxygens (including phenoxy) is 1. The van der Waals surface area contributed by atoms with Gasteiger partial charge < -0.3 is 9.30 Å². The minimum absolute atomic E-state index is 0.0570. The van der Waals surface area contributed by atoms with Gasteiger partial charge in [-0.1, -0.05) is 13.8 Å². The first-order valence-electron chi connectivity index (χ1n) is 5.55. The van der Waals surface area contributed by atoms with Crippen molar-refractivity contribution in [1.82, 2.24) is 9.55 Å². The van der Waals surface area contributed by atoms with E-state index in [-0.39, 0.29) is 5.60 Å². The highest BCUT2D eigenvalue weighted by Gasteiger charge is 2.11. The Labute approximate surface area is 92.5 Å². The van der Waals surface area contributed by atoms with Crippen LogP contribution in [-0.2, 0) is 11.3 Å². The largest absolute Gasteiger partial charge is 0.374 e.